The van der Waals surface area contributed by atoms with Crippen LogP contribution >= 0.6 is 34.8 Å². The molecule has 0 aromatic heterocycles. The average Bonchev–Trinajstić information content (AvgIpc) is 2.58. The summed E-state index contributed by atoms with van der Waals surface area (Å²) in [6, 6.07) is 9.85. The molecule has 0 saturated carbocycles. The maximum absolute atomic E-state index is 12.2. The molecule has 2 aromatic carbocycles. The van der Waals surface area contributed by atoms with Crippen LogP contribution in [0, 0.1) is 0 Å². The van der Waals surface area contributed by atoms with Crippen LogP contribution in [0.25, 0.3) is 0 Å². The van der Waals surface area contributed by atoms with Gasteiger partial charge < -0.3 is 15.4 Å². The average molecular weight is 431 g/mol. The Morgan fingerprint density at radius 3 is 2.26 bits per heavy atom. The first-order valence-electron chi connectivity index (χ1n) is 7.86. The van der Waals surface area contributed by atoms with Crippen molar-refractivity contribution in [3.63, 3.8) is 0 Å². The number of amides is 2. The lowest BCUT2D eigenvalue weighted by Crippen LogP contribution is -2.36. The molecule has 0 bridgehead atoms. The summed E-state index contributed by atoms with van der Waals surface area (Å²) in [4.78, 5) is 25.9. The zero-order valence-corrected chi connectivity index (χ0v) is 17.0. The Kier molecular flexibility index (Phi) is 7.74. The Morgan fingerprint density at radius 2 is 1.63 bits per heavy atom. The normalized spacial score (nSPS) is 10.6. The van der Waals surface area contributed by atoms with Crippen molar-refractivity contribution in [2.45, 2.75) is 0 Å². The number of hydrogen-bond donors (Lipinski definition) is 2. The monoisotopic (exact) mass is 429 g/mol. The molecule has 0 heterocycles. The molecule has 0 unspecified atom stereocenters. The summed E-state index contributed by atoms with van der Waals surface area (Å²) >= 11 is 17.9. The van der Waals surface area contributed by atoms with E-state index in [0.29, 0.717) is 27.2 Å². The zero-order valence-electron chi connectivity index (χ0n) is 14.7. The highest BCUT2D eigenvalue weighted by Crippen LogP contribution is 2.29. The fraction of sp³-hybridized carbons (Fsp3) is 0.222. The zero-order chi connectivity index (χ0) is 20.0. The molecule has 2 rings (SSSR count). The molecular weight excluding hydrogens is 413 g/mol. The Hall–Kier alpha value is -1.99. The highest BCUT2D eigenvalue weighted by molar-refractivity contribution is 6.44. The van der Waals surface area contributed by atoms with E-state index in [9.17, 15) is 9.59 Å². The maximum atomic E-state index is 12.2. The van der Waals surface area contributed by atoms with Crippen LogP contribution in [-0.4, -0.2) is 44.0 Å². The minimum atomic E-state index is -0.324. The molecule has 9 heteroatoms. The summed E-state index contributed by atoms with van der Waals surface area (Å²) in [6.07, 6.45) is 0. The molecule has 2 aromatic rings. The fourth-order valence-electron chi connectivity index (χ4n) is 2.30. The topological polar surface area (TPSA) is 70.7 Å². The first-order valence-corrected chi connectivity index (χ1v) is 8.99. The van der Waals surface area contributed by atoms with E-state index in [2.05, 4.69) is 10.6 Å². The van der Waals surface area contributed by atoms with Crippen LogP contribution in [-0.2, 0) is 9.59 Å². The van der Waals surface area contributed by atoms with Crippen molar-refractivity contribution in [3.05, 3.63) is 51.5 Å². The molecule has 2 N–H and O–H groups in total. The number of carbonyl (C=O) groups is 2. The smallest absolute Gasteiger partial charge is 0.238 e. The van der Waals surface area contributed by atoms with Crippen molar-refractivity contribution in [3.8, 4) is 5.75 Å². The van der Waals surface area contributed by atoms with Crippen molar-refractivity contribution in [1.29, 1.82) is 0 Å². The first kappa shape index (κ1) is 21.3. The number of benzene rings is 2. The number of methoxy groups -OCH3 is 1. The molecule has 2 amide bonds. The van der Waals surface area contributed by atoms with Crippen LogP contribution in [0.1, 0.15) is 0 Å². The molecule has 0 aliphatic carbocycles. The number of carbonyl (C=O) groups excluding carboxylic acids is 2. The summed E-state index contributed by atoms with van der Waals surface area (Å²) in [5, 5.41) is 6.46. The van der Waals surface area contributed by atoms with E-state index in [1.54, 1.807) is 48.3 Å². The molecule has 0 atom stereocenters. The largest absolute Gasteiger partial charge is 0.495 e. The second-order valence-corrected chi connectivity index (χ2v) is 6.94. The Bertz CT molecular complexity index is 846. The van der Waals surface area contributed by atoms with Gasteiger partial charge in [-0.15, -0.1) is 0 Å². The molecule has 0 aliphatic rings. The SMILES string of the molecule is COc1ccc(Cl)cc1NC(=O)CN(C)CC(=O)Nc1cccc(Cl)c1Cl. The van der Waals surface area contributed by atoms with Gasteiger partial charge in [-0.3, -0.25) is 14.5 Å². The molecule has 27 heavy (non-hydrogen) atoms. The van der Waals surface area contributed by atoms with Gasteiger partial charge in [0.25, 0.3) is 0 Å². The van der Waals surface area contributed by atoms with Crippen LogP contribution in [0.5, 0.6) is 5.75 Å². The minimum absolute atomic E-state index is 0.00757. The van der Waals surface area contributed by atoms with Crippen LogP contribution in [0.3, 0.4) is 0 Å². The van der Waals surface area contributed by atoms with E-state index in [1.807, 2.05) is 0 Å². The van der Waals surface area contributed by atoms with Gasteiger partial charge in [0.05, 0.1) is 41.6 Å². The fourth-order valence-corrected chi connectivity index (χ4v) is 2.82. The number of anilines is 2. The third kappa shape index (κ3) is 6.29. The number of halogens is 3. The summed E-state index contributed by atoms with van der Waals surface area (Å²) in [5.74, 6) is -0.148. The van der Waals surface area contributed by atoms with E-state index < -0.39 is 0 Å². The van der Waals surface area contributed by atoms with E-state index in [4.69, 9.17) is 39.5 Å². The van der Waals surface area contributed by atoms with E-state index in [0.717, 1.165) is 0 Å². The number of hydrogen-bond acceptors (Lipinski definition) is 4. The predicted octanol–water partition coefficient (Wildman–Crippen LogP) is 4.16. The van der Waals surface area contributed by atoms with Gasteiger partial charge in [0, 0.05) is 5.02 Å². The predicted molar refractivity (Wildman–Crippen MR) is 109 cm³/mol. The molecule has 6 nitrogen and oxygen atoms in total. The lowest BCUT2D eigenvalue weighted by molar-refractivity contribution is -0.119. The number of nitrogens with one attached hydrogen (secondary N) is 2. The van der Waals surface area contributed by atoms with Gasteiger partial charge in [-0.2, -0.15) is 0 Å². The van der Waals surface area contributed by atoms with Gasteiger partial charge in [0.1, 0.15) is 5.75 Å². The molecule has 0 radical (unpaired) electrons. The lowest BCUT2D eigenvalue weighted by Gasteiger charge is -2.17. The van der Waals surface area contributed by atoms with Crippen LogP contribution in [0.2, 0.25) is 15.1 Å². The van der Waals surface area contributed by atoms with Crippen LogP contribution in [0.4, 0.5) is 11.4 Å². The molecule has 0 spiro atoms. The van der Waals surface area contributed by atoms with Gasteiger partial charge in [-0.05, 0) is 37.4 Å². The number of likely N-dealkylation sites (N-methyl/N-ethyl adjacent to an activating group) is 1. The van der Waals surface area contributed by atoms with Crippen molar-refractivity contribution >= 4 is 58.0 Å². The molecular formula is C18H18Cl3N3O3. The third-order valence-corrected chi connectivity index (χ3v) is 4.54. The van der Waals surface area contributed by atoms with Gasteiger partial charge in [-0.1, -0.05) is 40.9 Å². The Balaban J connectivity index is 1.90. The molecule has 0 saturated heterocycles. The standard InChI is InChI=1S/C18H18Cl3N3O3/c1-24(9-16(25)22-13-5-3-4-12(20)18(13)21)10-17(26)23-14-8-11(19)6-7-15(14)27-2/h3-8H,9-10H2,1-2H3,(H,22,25)(H,23,26). The molecule has 144 valence electrons. The Morgan fingerprint density at radius 1 is 1.00 bits per heavy atom. The first-order chi connectivity index (χ1) is 12.8. The van der Waals surface area contributed by atoms with E-state index in [1.165, 1.54) is 7.11 Å². The quantitative estimate of drug-likeness (QED) is 0.692. The third-order valence-electron chi connectivity index (χ3n) is 3.49. The summed E-state index contributed by atoms with van der Waals surface area (Å²) < 4.78 is 5.18. The van der Waals surface area contributed by atoms with Crippen LogP contribution in [0.15, 0.2) is 36.4 Å². The van der Waals surface area contributed by atoms with Crippen molar-refractivity contribution in [2.75, 3.05) is 37.9 Å². The molecule has 0 aliphatic heterocycles. The second-order valence-electron chi connectivity index (χ2n) is 5.71. The van der Waals surface area contributed by atoms with Crippen LogP contribution < -0.4 is 15.4 Å². The van der Waals surface area contributed by atoms with Gasteiger partial charge >= 0.3 is 0 Å². The lowest BCUT2D eigenvalue weighted by atomic mass is 10.3. The van der Waals surface area contributed by atoms with E-state index in [-0.39, 0.29) is 29.9 Å². The summed E-state index contributed by atoms with van der Waals surface area (Å²) in [5.41, 5.74) is 0.870. The number of rotatable bonds is 7. The highest BCUT2D eigenvalue weighted by atomic mass is 35.5. The van der Waals surface area contributed by atoms with Crippen molar-refractivity contribution in [1.82, 2.24) is 4.90 Å². The maximum Gasteiger partial charge on any atom is 0.238 e. The van der Waals surface area contributed by atoms with E-state index >= 15 is 0 Å². The summed E-state index contributed by atoms with van der Waals surface area (Å²) in [6.45, 7) is -0.0185. The second kappa shape index (κ2) is 9.80. The minimum Gasteiger partial charge on any atom is -0.495 e. The summed E-state index contributed by atoms with van der Waals surface area (Å²) in [7, 11) is 3.14. The van der Waals surface area contributed by atoms with Gasteiger partial charge in [-0.25, -0.2) is 0 Å². The highest BCUT2D eigenvalue weighted by Gasteiger charge is 2.14. The van der Waals surface area contributed by atoms with Crippen molar-refractivity contribution in [2.24, 2.45) is 0 Å². The number of nitrogens with zero attached hydrogens (tertiary/aromatic N) is 1. The van der Waals surface area contributed by atoms with Gasteiger partial charge in [0.15, 0.2) is 0 Å². The number of ether oxygens (including phenoxy) is 1. The Labute approximate surface area is 172 Å². The van der Waals surface area contributed by atoms with Crippen molar-refractivity contribution < 1.29 is 14.3 Å². The van der Waals surface area contributed by atoms with Gasteiger partial charge in [0.2, 0.25) is 11.8 Å². The molecule has 0 fully saturated rings.